The lowest BCUT2D eigenvalue weighted by atomic mass is 9.81. The number of rotatable bonds is 12. The Labute approximate surface area is 852 Å². The number of nitrogens with zero attached hydrogens (tertiary/aromatic N) is 3. The summed E-state index contributed by atoms with van der Waals surface area (Å²) in [4.78, 5) is 7.29. The fraction of sp³-hybridized carbons (Fsp3) is 0.127. The molecule has 22 aromatic rings. The van der Waals surface area contributed by atoms with Gasteiger partial charge in [0.05, 0.1) is 0 Å². The van der Waals surface area contributed by atoms with Crippen LogP contribution in [0.25, 0.3) is 143 Å². The molecule has 6 aliphatic rings. The third-order valence-corrected chi connectivity index (χ3v) is 33.5. The molecule has 0 bridgehead atoms. The van der Waals surface area contributed by atoms with Crippen molar-refractivity contribution in [2.75, 3.05) is 14.7 Å². The Morgan fingerprint density at radius 1 is 0.124 bits per heavy atom. The number of hydrogen-bond donors (Lipinski definition) is 0. The van der Waals surface area contributed by atoms with E-state index in [2.05, 4.69) is 565 Å². The minimum absolute atomic E-state index is 0.0138. The van der Waals surface area contributed by atoms with Gasteiger partial charge in [-0.1, -0.05) is 429 Å². The Kier molecular flexibility index (Phi) is 20.4. The van der Waals surface area contributed by atoms with Crippen LogP contribution < -0.4 is 14.7 Å². The molecule has 0 spiro atoms. The molecule has 0 atom stereocenters. The quantitative estimate of drug-likeness (QED) is 0.121. The molecule has 28 rings (SSSR count). The summed E-state index contributed by atoms with van der Waals surface area (Å²) in [5.74, 6) is 0. The molecule has 0 radical (unpaired) electrons. The maximum Gasteiger partial charge on any atom is 0.0468 e. The van der Waals surface area contributed by atoms with E-state index < -0.39 is 0 Å². The highest BCUT2D eigenvalue weighted by atomic mass is 15.2. The molecule has 3 nitrogen and oxygen atoms in total. The lowest BCUT2D eigenvalue weighted by Crippen LogP contribution is -2.16. The van der Waals surface area contributed by atoms with Crippen molar-refractivity contribution in [3.05, 3.63) is 534 Å². The van der Waals surface area contributed by atoms with Gasteiger partial charge in [0.25, 0.3) is 0 Å². The molecule has 0 saturated heterocycles. The molecule has 0 amide bonds. The van der Waals surface area contributed by atoms with Crippen molar-refractivity contribution in [2.24, 2.45) is 0 Å². The van der Waals surface area contributed by atoms with E-state index in [0.717, 1.165) is 39.8 Å². The normalized spacial score (nSPS) is 14.7. The molecule has 696 valence electrons. The Morgan fingerprint density at radius 3 is 0.717 bits per heavy atom. The van der Waals surface area contributed by atoms with Crippen molar-refractivity contribution in [3.63, 3.8) is 0 Å². The van der Waals surface area contributed by atoms with Crippen LogP contribution in [0.5, 0.6) is 0 Å². The van der Waals surface area contributed by atoms with Crippen LogP contribution in [0.1, 0.15) is 150 Å². The van der Waals surface area contributed by atoms with E-state index in [1.165, 1.54) is 221 Å². The van der Waals surface area contributed by atoms with E-state index in [1.807, 2.05) is 0 Å². The first kappa shape index (κ1) is 88.5. The third-order valence-electron chi connectivity index (χ3n) is 33.5. The van der Waals surface area contributed by atoms with Crippen LogP contribution in [0, 0.1) is 0 Å². The van der Waals surface area contributed by atoms with Crippen molar-refractivity contribution in [2.45, 2.75) is 116 Å². The third kappa shape index (κ3) is 14.1. The van der Waals surface area contributed by atoms with Gasteiger partial charge in [-0.3, -0.25) is 0 Å². The molecule has 22 aromatic carbocycles. The number of anilines is 9. The van der Waals surface area contributed by atoms with Crippen LogP contribution in [0.4, 0.5) is 51.2 Å². The van der Waals surface area contributed by atoms with Gasteiger partial charge >= 0.3 is 0 Å². The number of fused-ring (bicyclic) bond motifs is 25. The van der Waals surface area contributed by atoms with Crippen molar-refractivity contribution < 1.29 is 0 Å². The van der Waals surface area contributed by atoms with Gasteiger partial charge in [-0.25, -0.2) is 0 Å². The largest absolute Gasteiger partial charge is 0.310 e. The summed E-state index contributed by atoms with van der Waals surface area (Å²) >= 11 is 0. The highest BCUT2D eigenvalue weighted by Crippen LogP contribution is 2.60. The zero-order valence-electron chi connectivity index (χ0n) is 84.3. The smallest absolute Gasteiger partial charge is 0.0468 e. The van der Waals surface area contributed by atoms with Crippen LogP contribution >= 0.6 is 0 Å². The molecule has 0 fully saturated rings. The lowest BCUT2D eigenvalue weighted by molar-refractivity contribution is 0.660. The molecule has 0 aromatic heterocycles. The lowest BCUT2D eigenvalue weighted by Gasteiger charge is -2.29. The Hall–Kier alpha value is -16.7. The van der Waals surface area contributed by atoms with Crippen LogP contribution in [-0.2, 0) is 32.5 Å². The van der Waals surface area contributed by atoms with E-state index in [4.69, 9.17) is 0 Å². The maximum atomic E-state index is 2.44. The summed E-state index contributed by atoms with van der Waals surface area (Å²) in [6, 6.07) is 173. The predicted molar refractivity (Wildman–Crippen MR) is 615 cm³/mol. The minimum atomic E-state index is -0.127. The van der Waals surface area contributed by atoms with Crippen molar-refractivity contribution >= 4 is 94.3 Å². The molecular weight excluding hydrogens is 1750 g/mol. The summed E-state index contributed by atoms with van der Waals surface area (Å²) in [5, 5.41) is 10.3. The van der Waals surface area contributed by atoms with Gasteiger partial charge in [0.2, 0.25) is 0 Å². The molecular formula is C142H113N3. The predicted octanol–water partition coefficient (Wildman–Crippen LogP) is 38.9. The van der Waals surface area contributed by atoms with Crippen LogP contribution in [0.3, 0.4) is 0 Å². The van der Waals surface area contributed by atoms with Crippen molar-refractivity contribution in [3.8, 4) is 100 Å². The first-order chi connectivity index (χ1) is 70.4. The van der Waals surface area contributed by atoms with Gasteiger partial charge in [-0.15, -0.1) is 0 Å². The second-order valence-corrected chi connectivity index (χ2v) is 43.8. The maximum absolute atomic E-state index is 2.44. The fourth-order valence-corrected chi connectivity index (χ4v) is 25.8. The van der Waals surface area contributed by atoms with Gasteiger partial charge in [0.1, 0.15) is 0 Å². The first-order valence-electron chi connectivity index (χ1n) is 51.5. The first-order valence-corrected chi connectivity index (χ1v) is 51.5. The van der Waals surface area contributed by atoms with E-state index >= 15 is 0 Å². The Bertz CT molecular complexity index is 9020. The molecule has 6 aliphatic carbocycles. The van der Waals surface area contributed by atoms with Gasteiger partial charge in [0, 0.05) is 83.7 Å². The summed E-state index contributed by atoms with van der Waals surface area (Å²) in [6.45, 7) is 28.3. The number of benzene rings is 22. The SMILES string of the molecule is CC1(C)c2cc(N(c3ccc(-c4ccccc4)cc3)c3ccc4c5c(ccc4c3)C(C)(C)c3ccccc3-5)ccc2-c2cc3ccccc3cc21.CC1(C)c2ccccc2-c2cc(N(c3ccc(-c4ccccc4)cc3)c3ccc4c5c(ccc4c3)C(C)(C)c3ccccc3-5)ccc21.CC1(C)c2ccccc2-c2ccc(N(c3ccc(-c4ccccc4)cc3)c3ccc4c5c(ccc4c3)C(C)(C)c3ccccc3-5)cc21. The molecule has 0 heterocycles. The topological polar surface area (TPSA) is 9.72 Å². The molecule has 0 N–H and O–H groups in total. The standard InChI is InChI=1S/C50H39N.2C46H37N/c1-49(2)44-17-11-10-16-42(44)48-40-25-23-38(28-36(40)20-27-45(48)49)51(37-21-18-33(19-22-37)32-12-6-5-7-13-32)39-24-26-41-43-29-34-14-8-9-15-35(34)30-46(43)50(3,4)47(41)31-39;1-45(2)41-17-11-9-15-39(41)44-36-25-23-34(28-32(36)20-27-42(44)45)47(33-21-18-31(19-22-33)30-12-6-5-7-13-30)35-24-26-38-37-14-8-10-16-40(37)46(3,4)43(38)29-35;1-45(2)40-16-10-8-14-37(40)39-29-35(24-27-42(39)45)47(33-21-18-31(19-22-33)30-12-6-5-7-13-30)34-23-25-36-32(28-34)20-26-43-44(36)38-15-9-11-17-41(38)46(43,3)4/h5-31H,1-4H3;2*5-29H,1-4H3. The van der Waals surface area contributed by atoms with Crippen molar-refractivity contribution in [1.29, 1.82) is 0 Å². The minimum Gasteiger partial charge on any atom is -0.310 e. The summed E-state index contributed by atoms with van der Waals surface area (Å²) < 4.78 is 0. The summed E-state index contributed by atoms with van der Waals surface area (Å²) in [7, 11) is 0. The highest BCUT2D eigenvalue weighted by Gasteiger charge is 2.44. The second kappa shape index (κ2) is 33.5. The van der Waals surface area contributed by atoms with E-state index in [-0.39, 0.29) is 32.5 Å². The van der Waals surface area contributed by atoms with Gasteiger partial charge in [0.15, 0.2) is 0 Å². The Balaban J connectivity index is 0.000000111. The average molecular weight is 1860 g/mol. The zero-order valence-corrected chi connectivity index (χ0v) is 84.3. The molecule has 3 heteroatoms. The Morgan fingerprint density at radius 2 is 0.345 bits per heavy atom. The summed E-state index contributed by atoms with van der Waals surface area (Å²) in [5.41, 5.74) is 50.5. The fourth-order valence-electron chi connectivity index (χ4n) is 25.8. The van der Waals surface area contributed by atoms with Gasteiger partial charge < -0.3 is 14.7 Å². The van der Waals surface area contributed by atoms with Gasteiger partial charge in [-0.05, 0) is 331 Å². The zero-order chi connectivity index (χ0) is 98.3. The van der Waals surface area contributed by atoms with E-state index in [9.17, 15) is 0 Å². The molecule has 0 aliphatic heterocycles. The van der Waals surface area contributed by atoms with E-state index in [1.54, 1.807) is 0 Å². The average Bonchev–Trinajstić information content (AvgIpc) is 1.54. The summed E-state index contributed by atoms with van der Waals surface area (Å²) in [6.07, 6.45) is 0. The molecule has 145 heavy (non-hydrogen) atoms. The van der Waals surface area contributed by atoms with Gasteiger partial charge in [-0.2, -0.15) is 0 Å². The van der Waals surface area contributed by atoms with Crippen molar-refractivity contribution in [1.82, 2.24) is 0 Å². The van der Waals surface area contributed by atoms with Crippen LogP contribution in [0.15, 0.2) is 467 Å². The monoisotopic (exact) mass is 1860 g/mol. The molecule has 0 saturated carbocycles. The second-order valence-electron chi connectivity index (χ2n) is 43.8. The van der Waals surface area contributed by atoms with Crippen LogP contribution in [-0.4, -0.2) is 0 Å². The van der Waals surface area contributed by atoms with E-state index in [0.29, 0.717) is 0 Å². The molecule has 0 unspecified atom stereocenters. The van der Waals surface area contributed by atoms with Crippen LogP contribution in [0.2, 0.25) is 0 Å². The number of hydrogen-bond acceptors (Lipinski definition) is 3. The highest BCUT2D eigenvalue weighted by molar-refractivity contribution is 6.09.